The Morgan fingerprint density at radius 1 is 1.44 bits per heavy atom. The van der Waals surface area contributed by atoms with Crippen LogP contribution in [0.1, 0.15) is 12.6 Å². The minimum absolute atomic E-state index is 0.0138. The maximum atomic E-state index is 13.3. The van der Waals surface area contributed by atoms with Gasteiger partial charge in [0.15, 0.2) is 10.8 Å². The molecule has 1 aromatic carbocycles. The van der Waals surface area contributed by atoms with Crippen molar-refractivity contribution >= 4 is 44.9 Å². The first-order valence-electron chi connectivity index (χ1n) is 7.09. The highest BCUT2D eigenvalue weighted by atomic mass is 32.1. The van der Waals surface area contributed by atoms with Gasteiger partial charge >= 0.3 is 0 Å². The van der Waals surface area contributed by atoms with Crippen LogP contribution in [0.3, 0.4) is 0 Å². The maximum absolute atomic E-state index is 13.3. The van der Waals surface area contributed by atoms with E-state index >= 15 is 0 Å². The zero-order valence-electron chi connectivity index (χ0n) is 12.9. The molecule has 0 saturated heterocycles. The summed E-state index contributed by atoms with van der Waals surface area (Å²) in [6, 6.07) is 3.87. The Hall–Kier alpha value is -3.14. The van der Waals surface area contributed by atoms with Crippen LogP contribution in [0.5, 0.6) is 5.88 Å². The number of azo groups is 1. The molecule has 128 valence electrons. The number of nitrogens with one attached hydrogen (secondary N) is 2. The number of hydrogen-bond acceptors (Lipinski definition) is 6. The van der Waals surface area contributed by atoms with Crippen LogP contribution in [0.25, 0.3) is 10.9 Å². The van der Waals surface area contributed by atoms with Crippen molar-refractivity contribution in [3.05, 3.63) is 35.1 Å². The lowest BCUT2D eigenvalue weighted by Crippen LogP contribution is -2.05. The van der Waals surface area contributed by atoms with E-state index in [0.29, 0.717) is 21.7 Å². The molecule has 3 rings (SSSR count). The summed E-state index contributed by atoms with van der Waals surface area (Å²) < 4.78 is 13.3. The highest BCUT2D eigenvalue weighted by Gasteiger charge is 2.13. The number of fused-ring (bicyclic) bond motifs is 1. The molecule has 10 heteroatoms. The lowest BCUT2D eigenvalue weighted by Gasteiger charge is -1.94. The van der Waals surface area contributed by atoms with Crippen LogP contribution in [-0.4, -0.2) is 26.9 Å². The van der Waals surface area contributed by atoms with Gasteiger partial charge in [0.1, 0.15) is 5.82 Å². The molecule has 25 heavy (non-hydrogen) atoms. The second-order valence-corrected chi connectivity index (χ2v) is 5.97. The van der Waals surface area contributed by atoms with E-state index in [0.717, 1.165) is 0 Å². The molecule has 8 nitrogen and oxygen atoms in total. The van der Waals surface area contributed by atoms with Gasteiger partial charge in [-0.15, -0.1) is 21.6 Å². The van der Waals surface area contributed by atoms with Crippen molar-refractivity contribution < 1.29 is 19.1 Å². The lowest BCUT2D eigenvalue weighted by molar-refractivity contribution is -0.117. The van der Waals surface area contributed by atoms with E-state index in [1.54, 1.807) is 5.38 Å². The summed E-state index contributed by atoms with van der Waals surface area (Å²) in [6.07, 6.45) is -0.114. The smallest absolute Gasteiger partial charge is 0.270 e. The van der Waals surface area contributed by atoms with Crippen LogP contribution < -0.4 is 5.32 Å². The number of carbonyl (C=O) groups is 2. The summed E-state index contributed by atoms with van der Waals surface area (Å²) in [5.41, 5.74) is 0.895. The van der Waals surface area contributed by atoms with Gasteiger partial charge in [-0.1, -0.05) is 0 Å². The summed E-state index contributed by atoms with van der Waals surface area (Å²) in [5.74, 6) is -1.65. The Bertz CT molecular complexity index is 994. The summed E-state index contributed by atoms with van der Waals surface area (Å²) >= 11 is 1.19. The first kappa shape index (κ1) is 16.7. The molecule has 2 heterocycles. The molecule has 0 fully saturated rings. The van der Waals surface area contributed by atoms with Gasteiger partial charge in [-0.25, -0.2) is 9.37 Å². The molecule has 2 aromatic heterocycles. The van der Waals surface area contributed by atoms with Gasteiger partial charge in [0.05, 0.1) is 17.6 Å². The van der Waals surface area contributed by atoms with E-state index in [9.17, 15) is 19.1 Å². The van der Waals surface area contributed by atoms with Gasteiger partial charge in [-0.3, -0.25) is 9.59 Å². The number of rotatable bonds is 4. The Morgan fingerprint density at radius 3 is 3.00 bits per heavy atom. The van der Waals surface area contributed by atoms with Gasteiger partial charge in [0, 0.05) is 17.7 Å². The topological polar surface area (TPSA) is 120 Å². The van der Waals surface area contributed by atoms with E-state index in [4.69, 9.17) is 0 Å². The summed E-state index contributed by atoms with van der Waals surface area (Å²) in [4.78, 5) is 29.5. The van der Waals surface area contributed by atoms with Gasteiger partial charge < -0.3 is 15.4 Å². The molecule has 0 aliphatic heterocycles. The second-order valence-electron chi connectivity index (χ2n) is 5.11. The molecule has 0 bridgehead atoms. The van der Waals surface area contributed by atoms with Crippen LogP contribution in [0.4, 0.5) is 15.2 Å². The van der Waals surface area contributed by atoms with Gasteiger partial charge in [0.2, 0.25) is 11.8 Å². The van der Waals surface area contributed by atoms with Crippen molar-refractivity contribution in [2.45, 2.75) is 13.3 Å². The number of aromatic hydroxyl groups is 1. The van der Waals surface area contributed by atoms with Crippen LogP contribution >= 0.6 is 11.3 Å². The van der Waals surface area contributed by atoms with Crippen LogP contribution in [0, 0.1) is 5.82 Å². The average molecular weight is 361 g/mol. The number of aromatic nitrogens is 2. The SMILES string of the molecule is CC(=O)Nc1nc(CC(=O)N=Nc2c(O)[nH]c3ccc(F)cc23)cs1. The highest BCUT2D eigenvalue weighted by molar-refractivity contribution is 7.13. The first-order valence-corrected chi connectivity index (χ1v) is 7.97. The summed E-state index contributed by atoms with van der Waals surface area (Å²) in [6.45, 7) is 1.36. The van der Waals surface area contributed by atoms with Crippen LogP contribution in [-0.2, 0) is 16.0 Å². The molecule has 0 saturated carbocycles. The number of benzene rings is 1. The van der Waals surface area contributed by atoms with Crippen LogP contribution in [0.15, 0.2) is 33.8 Å². The lowest BCUT2D eigenvalue weighted by atomic mass is 10.2. The Balaban J connectivity index is 1.75. The maximum Gasteiger partial charge on any atom is 0.270 e. The van der Waals surface area contributed by atoms with E-state index in [1.807, 2.05) is 0 Å². The predicted molar refractivity (Wildman–Crippen MR) is 89.6 cm³/mol. The number of halogens is 1. The second kappa shape index (κ2) is 6.77. The Labute approximate surface area is 144 Å². The molecule has 0 unspecified atom stereocenters. The van der Waals surface area contributed by atoms with Gasteiger partial charge in [-0.2, -0.15) is 0 Å². The van der Waals surface area contributed by atoms with Crippen molar-refractivity contribution in [2.24, 2.45) is 10.2 Å². The molecule has 0 spiro atoms. The minimum atomic E-state index is -0.593. The zero-order valence-corrected chi connectivity index (χ0v) is 13.7. The van der Waals surface area contributed by atoms with Crippen molar-refractivity contribution in [2.75, 3.05) is 5.32 Å². The predicted octanol–water partition coefficient (Wildman–Crippen LogP) is 3.28. The monoisotopic (exact) mass is 361 g/mol. The molecule has 0 aliphatic carbocycles. The number of carbonyl (C=O) groups excluding carboxylic acids is 2. The molecular formula is C15H12FN5O3S. The largest absolute Gasteiger partial charge is 0.493 e. The summed E-state index contributed by atoms with van der Waals surface area (Å²) in [7, 11) is 0. The van der Waals surface area contributed by atoms with Crippen molar-refractivity contribution in [3.8, 4) is 5.88 Å². The average Bonchev–Trinajstić information content (AvgIpc) is 3.08. The third kappa shape index (κ3) is 3.86. The fourth-order valence-electron chi connectivity index (χ4n) is 2.13. The molecule has 0 atom stereocenters. The normalized spacial score (nSPS) is 11.3. The molecule has 3 N–H and O–H groups in total. The van der Waals surface area contributed by atoms with Crippen LogP contribution in [0.2, 0.25) is 0 Å². The zero-order chi connectivity index (χ0) is 18.0. The van der Waals surface area contributed by atoms with Gasteiger partial charge in [-0.05, 0) is 18.2 Å². The van der Waals surface area contributed by atoms with Crippen molar-refractivity contribution in [3.63, 3.8) is 0 Å². The first-order chi connectivity index (χ1) is 11.9. The highest BCUT2D eigenvalue weighted by Crippen LogP contribution is 2.35. The molecule has 2 amide bonds. The Kier molecular flexibility index (Phi) is 4.52. The molecule has 0 radical (unpaired) electrons. The van der Waals surface area contributed by atoms with E-state index < -0.39 is 11.7 Å². The molecule has 3 aromatic rings. The quantitative estimate of drug-likeness (QED) is 0.618. The number of thiazole rings is 1. The van der Waals surface area contributed by atoms with Crippen molar-refractivity contribution in [1.82, 2.24) is 9.97 Å². The third-order valence-electron chi connectivity index (χ3n) is 3.14. The fraction of sp³-hybridized carbons (Fsp3) is 0.133. The number of hydrogen-bond donors (Lipinski definition) is 3. The fourth-order valence-corrected chi connectivity index (χ4v) is 2.89. The number of H-pyrrole nitrogens is 1. The molecule has 0 aliphatic rings. The number of aromatic amines is 1. The third-order valence-corrected chi connectivity index (χ3v) is 3.95. The molecular weight excluding hydrogens is 349 g/mol. The van der Waals surface area contributed by atoms with E-state index in [1.165, 1.54) is 36.5 Å². The van der Waals surface area contributed by atoms with Crippen molar-refractivity contribution in [1.29, 1.82) is 0 Å². The number of nitrogens with zero attached hydrogens (tertiary/aromatic N) is 3. The summed E-state index contributed by atoms with van der Waals surface area (Å²) in [5, 5.41) is 21.9. The Morgan fingerprint density at radius 2 is 2.24 bits per heavy atom. The van der Waals surface area contributed by atoms with Gasteiger partial charge in [0.25, 0.3) is 5.91 Å². The van der Waals surface area contributed by atoms with E-state index in [-0.39, 0.29) is 23.9 Å². The van der Waals surface area contributed by atoms with E-state index in [2.05, 4.69) is 25.5 Å². The standard InChI is InChI=1S/C15H12FN5O3S/c1-7(22)17-15-18-9(6-25-15)5-12(23)20-21-13-10-4-8(16)2-3-11(10)19-14(13)24/h2-4,6,19,24H,5H2,1H3,(H,17,18,22). The number of amides is 2. The minimum Gasteiger partial charge on any atom is -0.493 e. The number of anilines is 1.